The molecule has 0 saturated heterocycles. The zero-order valence-corrected chi connectivity index (χ0v) is 15.3. The van der Waals surface area contributed by atoms with Crippen LogP contribution >= 0.6 is 11.3 Å². The summed E-state index contributed by atoms with van der Waals surface area (Å²) in [7, 11) is 0. The van der Waals surface area contributed by atoms with Gasteiger partial charge in [-0.3, -0.25) is 4.79 Å². The van der Waals surface area contributed by atoms with Gasteiger partial charge in [-0.25, -0.2) is 4.79 Å². The average molecular weight is 357 g/mol. The molecular formula is C20H23NO3S. The Morgan fingerprint density at radius 3 is 2.84 bits per heavy atom. The average Bonchev–Trinajstić information content (AvgIpc) is 3.05. The second-order valence-corrected chi connectivity index (χ2v) is 7.32. The molecule has 0 fully saturated rings. The molecule has 1 aliphatic carbocycles. The van der Waals surface area contributed by atoms with Crippen molar-refractivity contribution in [3.63, 3.8) is 0 Å². The van der Waals surface area contributed by atoms with Crippen LogP contribution in [-0.2, 0) is 28.8 Å². The van der Waals surface area contributed by atoms with Crippen LogP contribution < -0.4 is 5.32 Å². The lowest BCUT2D eigenvalue weighted by Crippen LogP contribution is -2.30. The summed E-state index contributed by atoms with van der Waals surface area (Å²) in [5.74, 6) is -0.639. The molecule has 1 aromatic carbocycles. The molecule has 1 amide bonds. The quantitative estimate of drug-likeness (QED) is 0.806. The Hall–Kier alpha value is -2.14. The summed E-state index contributed by atoms with van der Waals surface area (Å²) in [6.07, 6.45) is 5.05. The Morgan fingerprint density at radius 2 is 2.00 bits per heavy atom. The van der Waals surface area contributed by atoms with Crippen LogP contribution in [-0.4, -0.2) is 25.0 Å². The SMILES string of the molecule is Cc1ccccc1CCNC(=O)COC(=O)c1csc2c1CCCC2. The predicted octanol–water partition coefficient (Wildman–Crippen LogP) is 3.45. The van der Waals surface area contributed by atoms with E-state index < -0.39 is 0 Å². The number of amides is 1. The summed E-state index contributed by atoms with van der Waals surface area (Å²) in [4.78, 5) is 25.4. The van der Waals surface area contributed by atoms with E-state index in [1.807, 2.05) is 17.5 Å². The molecule has 2 aromatic rings. The summed E-state index contributed by atoms with van der Waals surface area (Å²) in [5, 5.41) is 4.68. The molecule has 0 saturated carbocycles. The Kier molecular flexibility index (Phi) is 5.87. The molecule has 0 aliphatic heterocycles. The van der Waals surface area contributed by atoms with E-state index in [1.165, 1.54) is 22.4 Å². The molecule has 4 nitrogen and oxygen atoms in total. The lowest BCUT2D eigenvalue weighted by Gasteiger charge is -2.12. The number of carbonyl (C=O) groups is 2. The molecular weight excluding hydrogens is 334 g/mol. The van der Waals surface area contributed by atoms with Crippen LogP contribution in [0.4, 0.5) is 0 Å². The van der Waals surface area contributed by atoms with Crippen molar-refractivity contribution in [1.82, 2.24) is 5.32 Å². The number of fused-ring (bicyclic) bond motifs is 1. The monoisotopic (exact) mass is 357 g/mol. The van der Waals surface area contributed by atoms with E-state index in [1.54, 1.807) is 11.3 Å². The van der Waals surface area contributed by atoms with E-state index in [9.17, 15) is 9.59 Å². The first kappa shape index (κ1) is 17.7. The number of benzene rings is 1. The first-order valence-corrected chi connectivity index (χ1v) is 9.60. The van der Waals surface area contributed by atoms with Crippen molar-refractivity contribution in [2.75, 3.05) is 13.2 Å². The Balaban J connectivity index is 1.44. The normalized spacial score (nSPS) is 13.2. The minimum atomic E-state index is -0.381. The van der Waals surface area contributed by atoms with E-state index >= 15 is 0 Å². The summed E-state index contributed by atoms with van der Waals surface area (Å²) in [5.41, 5.74) is 4.20. The van der Waals surface area contributed by atoms with Crippen LogP contribution in [0.3, 0.4) is 0 Å². The summed E-state index contributed by atoms with van der Waals surface area (Å²) < 4.78 is 5.20. The highest BCUT2D eigenvalue weighted by Crippen LogP contribution is 2.30. The van der Waals surface area contributed by atoms with Gasteiger partial charge in [0.2, 0.25) is 0 Å². The van der Waals surface area contributed by atoms with Gasteiger partial charge in [-0.2, -0.15) is 0 Å². The van der Waals surface area contributed by atoms with Crippen LogP contribution in [0, 0.1) is 6.92 Å². The third kappa shape index (κ3) is 4.48. The molecule has 1 aliphatic rings. The zero-order valence-electron chi connectivity index (χ0n) is 14.5. The number of rotatable bonds is 6. The van der Waals surface area contributed by atoms with Crippen molar-refractivity contribution in [3.8, 4) is 0 Å². The molecule has 1 N–H and O–H groups in total. The lowest BCUT2D eigenvalue weighted by atomic mass is 9.96. The van der Waals surface area contributed by atoms with E-state index in [-0.39, 0.29) is 18.5 Å². The van der Waals surface area contributed by atoms with Crippen molar-refractivity contribution in [1.29, 1.82) is 0 Å². The van der Waals surface area contributed by atoms with Crippen molar-refractivity contribution in [2.24, 2.45) is 0 Å². The van der Waals surface area contributed by atoms with E-state index in [4.69, 9.17) is 4.74 Å². The third-order valence-corrected chi connectivity index (χ3v) is 5.68. The van der Waals surface area contributed by atoms with E-state index in [0.717, 1.165) is 31.2 Å². The highest BCUT2D eigenvalue weighted by Gasteiger charge is 2.21. The topological polar surface area (TPSA) is 55.4 Å². The number of hydrogen-bond acceptors (Lipinski definition) is 4. The van der Waals surface area contributed by atoms with Crippen LogP contribution in [0.1, 0.15) is 44.8 Å². The molecule has 3 rings (SSSR count). The molecule has 0 unspecified atom stereocenters. The summed E-state index contributed by atoms with van der Waals surface area (Å²) >= 11 is 1.63. The van der Waals surface area contributed by atoms with Crippen LogP contribution in [0.15, 0.2) is 29.6 Å². The molecule has 0 spiro atoms. The highest BCUT2D eigenvalue weighted by atomic mass is 32.1. The Bertz CT molecular complexity index is 766. The highest BCUT2D eigenvalue weighted by molar-refractivity contribution is 7.10. The third-order valence-electron chi connectivity index (χ3n) is 4.59. The predicted molar refractivity (Wildman–Crippen MR) is 99.1 cm³/mol. The van der Waals surface area contributed by atoms with Crippen molar-refractivity contribution >= 4 is 23.2 Å². The van der Waals surface area contributed by atoms with E-state index in [0.29, 0.717) is 12.1 Å². The molecule has 0 radical (unpaired) electrons. The van der Waals surface area contributed by atoms with Crippen LogP contribution in [0.25, 0.3) is 0 Å². The summed E-state index contributed by atoms with van der Waals surface area (Å²) in [6.45, 7) is 2.37. The zero-order chi connectivity index (χ0) is 17.6. The van der Waals surface area contributed by atoms with Gasteiger partial charge in [-0.1, -0.05) is 24.3 Å². The number of hydrogen-bond donors (Lipinski definition) is 1. The van der Waals surface area contributed by atoms with Crippen LogP contribution in [0.5, 0.6) is 0 Å². The van der Waals surface area contributed by atoms with Gasteiger partial charge in [0.1, 0.15) is 0 Å². The standard InChI is InChI=1S/C20H23NO3S/c1-14-6-2-3-7-15(14)10-11-21-19(22)12-24-20(23)17-13-25-18-9-5-4-8-16(17)18/h2-3,6-7,13H,4-5,8-12H2,1H3,(H,21,22). The number of esters is 1. The van der Waals surface area contributed by atoms with Gasteiger partial charge >= 0.3 is 5.97 Å². The molecule has 0 bridgehead atoms. The van der Waals surface area contributed by atoms with Crippen molar-refractivity contribution < 1.29 is 14.3 Å². The van der Waals surface area contributed by atoms with Gasteiger partial charge in [-0.15, -0.1) is 11.3 Å². The van der Waals surface area contributed by atoms with Gasteiger partial charge in [-0.05, 0) is 55.7 Å². The maximum Gasteiger partial charge on any atom is 0.339 e. The van der Waals surface area contributed by atoms with E-state index in [2.05, 4.69) is 24.4 Å². The van der Waals surface area contributed by atoms with Crippen molar-refractivity contribution in [2.45, 2.75) is 39.0 Å². The number of ether oxygens (including phenoxy) is 1. The fourth-order valence-corrected chi connectivity index (χ4v) is 4.27. The largest absolute Gasteiger partial charge is 0.452 e. The van der Waals surface area contributed by atoms with Crippen molar-refractivity contribution in [3.05, 3.63) is 56.8 Å². The number of thiophene rings is 1. The molecule has 132 valence electrons. The second kappa shape index (κ2) is 8.30. The first-order chi connectivity index (χ1) is 12.1. The van der Waals surface area contributed by atoms with Gasteiger partial charge in [0.15, 0.2) is 6.61 Å². The van der Waals surface area contributed by atoms with Gasteiger partial charge < -0.3 is 10.1 Å². The summed E-state index contributed by atoms with van der Waals surface area (Å²) in [6, 6.07) is 8.11. The molecule has 1 heterocycles. The first-order valence-electron chi connectivity index (χ1n) is 8.72. The minimum absolute atomic E-state index is 0.225. The lowest BCUT2D eigenvalue weighted by molar-refractivity contribution is -0.124. The Morgan fingerprint density at radius 1 is 1.20 bits per heavy atom. The Labute approximate surface area is 152 Å². The number of carbonyl (C=O) groups excluding carboxylic acids is 2. The number of nitrogens with one attached hydrogen (secondary N) is 1. The van der Waals surface area contributed by atoms with Gasteiger partial charge in [0.05, 0.1) is 5.56 Å². The van der Waals surface area contributed by atoms with Gasteiger partial charge in [0, 0.05) is 16.8 Å². The molecule has 0 atom stereocenters. The van der Waals surface area contributed by atoms with Gasteiger partial charge in [0.25, 0.3) is 5.91 Å². The minimum Gasteiger partial charge on any atom is -0.452 e. The number of aryl methyl sites for hydroxylation is 2. The molecule has 5 heteroatoms. The fourth-order valence-electron chi connectivity index (χ4n) is 3.15. The second-order valence-electron chi connectivity index (χ2n) is 6.36. The molecule has 1 aromatic heterocycles. The maximum absolute atomic E-state index is 12.2. The smallest absolute Gasteiger partial charge is 0.339 e. The van der Waals surface area contributed by atoms with Crippen LogP contribution in [0.2, 0.25) is 0 Å². The maximum atomic E-state index is 12.2. The molecule has 25 heavy (non-hydrogen) atoms. The fraction of sp³-hybridized carbons (Fsp3) is 0.400.